The molecule has 0 aromatic heterocycles. The zero-order valence-corrected chi connectivity index (χ0v) is 11.9. The predicted octanol–water partition coefficient (Wildman–Crippen LogP) is 0.148. The minimum atomic E-state index is -0.933. The quantitative estimate of drug-likeness (QED) is 0.764. The third-order valence-electron chi connectivity index (χ3n) is 2.68. The first-order valence-corrected chi connectivity index (χ1v) is 7.09. The Bertz CT molecular complexity index is 312. The van der Waals surface area contributed by atoms with Gasteiger partial charge in [-0.1, -0.05) is 0 Å². The largest absolute Gasteiger partial charge is 0.480 e. The topological polar surface area (TPSA) is 72.9 Å². The lowest BCUT2D eigenvalue weighted by Gasteiger charge is -2.33. The van der Waals surface area contributed by atoms with E-state index < -0.39 is 12.0 Å². The minimum absolute atomic E-state index is 0.00322. The van der Waals surface area contributed by atoms with Crippen molar-refractivity contribution >= 4 is 23.8 Å². The summed E-state index contributed by atoms with van der Waals surface area (Å²) in [4.78, 5) is 26.5. The van der Waals surface area contributed by atoms with E-state index in [2.05, 4.69) is 5.32 Å². The van der Waals surface area contributed by atoms with Crippen molar-refractivity contribution in [2.24, 2.45) is 0 Å². The van der Waals surface area contributed by atoms with E-state index in [1.807, 2.05) is 25.9 Å². The van der Waals surface area contributed by atoms with Crippen molar-refractivity contribution in [3.8, 4) is 0 Å². The smallest absolute Gasteiger partial charge is 0.327 e. The molecule has 2 amide bonds. The summed E-state index contributed by atoms with van der Waals surface area (Å²) in [7, 11) is 3.86. The van der Waals surface area contributed by atoms with E-state index in [-0.39, 0.29) is 12.1 Å². The fourth-order valence-corrected chi connectivity index (χ4v) is 2.98. The van der Waals surface area contributed by atoms with Gasteiger partial charge in [0.05, 0.1) is 0 Å². The molecule has 0 bridgehead atoms. The maximum Gasteiger partial charge on any atom is 0.327 e. The average molecular weight is 275 g/mol. The molecule has 0 saturated carbocycles. The van der Waals surface area contributed by atoms with E-state index >= 15 is 0 Å². The number of urea groups is 1. The van der Waals surface area contributed by atoms with Gasteiger partial charge < -0.3 is 20.2 Å². The van der Waals surface area contributed by atoms with Crippen molar-refractivity contribution in [1.29, 1.82) is 0 Å². The summed E-state index contributed by atoms with van der Waals surface area (Å²) in [5.74, 6) is 0.321. The lowest BCUT2D eigenvalue weighted by Crippen LogP contribution is -2.56. The second-order valence-corrected chi connectivity index (χ2v) is 5.88. The van der Waals surface area contributed by atoms with E-state index in [1.165, 1.54) is 4.90 Å². The van der Waals surface area contributed by atoms with Crippen molar-refractivity contribution in [3.63, 3.8) is 0 Å². The minimum Gasteiger partial charge on any atom is -0.480 e. The molecule has 1 heterocycles. The van der Waals surface area contributed by atoms with E-state index in [1.54, 1.807) is 11.8 Å². The number of likely N-dealkylation sites (N-methyl/N-ethyl adjacent to an activating group) is 1. The van der Waals surface area contributed by atoms with Gasteiger partial charge in [-0.25, -0.2) is 9.59 Å². The molecule has 7 heteroatoms. The van der Waals surface area contributed by atoms with Gasteiger partial charge in [0.2, 0.25) is 0 Å². The van der Waals surface area contributed by atoms with Gasteiger partial charge in [-0.05, 0) is 21.0 Å². The standard InChI is InChI=1S/C11H21N3O3S/c1-8(6-13(2)3)12-11(17)14-4-5-18-7-9(14)10(15)16/h8-9H,4-7H2,1-3H3,(H,12,17)(H,15,16). The number of amides is 2. The number of carboxylic acid groups (broad SMARTS) is 1. The molecule has 0 radical (unpaired) electrons. The highest BCUT2D eigenvalue weighted by Crippen LogP contribution is 2.16. The molecule has 6 nitrogen and oxygen atoms in total. The summed E-state index contributed by atoms with van der Waals surface area (Å²) in [6, 6.07) is -0.996. The normalized spacial score (nSPS) is 21.8. The van der Waals surface area contributed by atoms with E-state index in [0.717, 1.165) is 12.3 Å². The summed E-state index contributed by atoms with van der Waals surface area (Å²) in [5, 5.41) is 11.9. The van der Waals surface area contributed by atoms with Crippen LogP contribution in [0.5, 0.6) is 0 Å². The summed E-state index contributed by atoms with van der Waals surface area (Å²) < 4.78 is 0. The molecule has 2 unspecified atom stereocenters. The van der Waals surface area contributed by atoms with Crippen LogP contribution in [0.1, 0.15) is 6.92 Å². The molecular weight excluding hydrogens is 254 g/mol. The number of carboxylic acids is 1. The molecule has 2 N–H and O–H groups in total. The Labute approximate surface area is 112 Å². The molecule has 2 atom stereocenters. The lowest BCUT2D eigenvalue weighted by molar-refractivity contribution is -0.141. The molecule has 1 aliphatic rings. The average Bonchev–Trinajstić information content (AvgIpc) is 2.27. The van der Waals surface area contributed by atoms with Crippen LogP contribution in [0.3, 0.4) is 0 Å². The van der Waals surface area contributed by atoms with Crippen LogP contribution in [0, 0.1) is 0 Å². The Morgan fingerprint density at radius 1 is 1.56 bits per heavy atom. The molecule has 1 saturated heterocycles. The maximum absolute atomic E-state index is 12.0. The maximum atomic E-state index is 12.0. The summed E-state index contributed by atoms with van der Waals surface area (Å²) in [5.41, 5.74) is 0. The monoisotopic (exact) mass is 275 g/mol. The van der Waals surface area contributed by atoms with Gasteiger partial charge in [0, 0.05) is 30.6 Å². The fourth-order valence-electron chi connectivity index (χ4n) is 1.94. The molecule has 0 aromatic rings. The second-order valence-electron chi connectivity index (χ2n) is 4.74. The second kappa shape index (κ2) is 6.84. The summed E-state index contributed by atoms with van der Waals surface area (Å²) >= 11 is 1.57. The highest BCUT2D eigenvalue weighted by Gasteiger charge is 2.32. The first-order valence-electron chi connectivity index (χ1n) is 5.94. The molecule has 0 aliphatic carbocycles. The Hall–Kier alpha value is -0.950. The number of hydrogen-bond donors (Lipinski definition) is 2. The summed E-state index contributed by atoms with van der Waals surface area (Å²) in [6.07, 6.45) is 0. The van der Waals surface area contributed by atoms with Gasteiger partial charge in [0.15, 0.2) is 0 Å². The highest BCUT2D eigenvalue weighted by molar-refractivity contribution is 7.99. The van der Waals surface area contributed by atoms with Gasteiger partial charge in [0.1, 0.15) is 6.04 Å². The molecule has 18 heavy (non-hydrogen) atoms. The highest BCUT2D eigenvalue weighted by atomic mass is 32.2. The third-order valence-corrected chi connectivity index (χ3v) is 3.71. The predicted molar refractivity (Wildman–Crippen MR) is 72.0 cm³/mol. The van der Waals surface area contributed by atoms with Crippen molar-refractivity contribution in [2.45, 2.75) is 19.0 Å². The Morgan fingerprint density at radius 2 is 2.22 bits per heavy atom. The first kappa shape index (κ1) is 15.1. The van der Waals surface area contributed by atoms with Crippen LogP contribution in [0.4, 0.5) is 4.79 Å². The Balaban J connectivity index is 2.55. The van der Waals surface area contributed by atoms with Crippen LogP contribution in [0.25, 0.3) is 0 Å². The molecule has 1 fully saturated rings. The molecule has 1 aliphatic heterocycles. The van der Waals surface area contributed by atoms with Gasteiger partial charge in [-0.15, -0.1) is 0 Å². The molecule has 1 rings (SSSR count). The molecule has 0 spiro atoms. The number of carbonyl (C=O) groups is 2. The van der Waals surface area contributed by atoms with E-state index in [0.29, 0.717) is 12.3 Å². The number of aliphatic carboxylic acids is 1. The fraction of sp³-hybridized carbons (Fsp3) is 0.818. The van der Waals surface area contributed by atoms with Crippen LogP contribution < -0.4 is 5.32 Å². The van der Waals surface area contributed by atoms with Crippen LogP contribution in [-0.2, 0) is 4.79 Å². The van der Waals surface area contributed by atoms with Crippen molar-refractivity contribution in [3.05, 3.63) is 0 Å². The number of rotatable bonds is 4. The lowest BCUT2D eigenvalue weighted by atomic mass is 10.2. The Morgan fingerprint density at radius 3 is 2.78 bits per heavy atom. The van der Waals surface area contributed by atoms with Gasteiger partial charge in [0.25, 0.3) is 0 Å². The number of carbonyl (C=O) groups excluding carboxylic acids is 1. The van der Waals surface area contributed by atoms with Crippen LogP contribution in [0.15, 0.2) is 0 Å². The Kier molecular flexibility index (Phi) is 5.74. The zero-order valence-electron chi connectivity index (χ0n) is 11.0. The van der Waals surface area contributed by atoms with Crippen LogP contribution in [-0.4, -0.2) is 77.7 Å². The van der Waals surface area contributed by atoms with Gasteiger partial charge in [-0.3, -0.25) is 0 Å². The van der Waals surface area contributed by atoms with Gasteiger partial charge >= 0.3 is 12.0 Å². The molecular formula is C11H21N3O3S. The van der Waals surface area contributed by atoms with Crippen LogP contribution >= 0.6 is 11.8 Å². The number of nitrogens with zero attached hydrogens (tertiary/aromatic N) is 2. The number of hydrogen-bond acceptors (Lipinski definition) is 4. The molecule has 0 aromatic carbocycles. The van der Waals surface area contributed by atoms with E-state index in [9.17, 15) is 9.59 Å². The first-order chi connectivity index (χ1) is 8.41. The van der Waals surface area contributed by atoms with Crippen molar-refractivity contribution in [2.75, 3.05) is 38.7 Å². The van der Waals surface area contributed by atoms with Crippen molar-refractivity contribution in [1.82, 2.24) is 15.1 Å². The number of thioether (sulfide) groups is 1. The van der Waals surface area contributed by atoms with E-state index in [4.69, 9.17) is 5.11 Å². The third kappa shape index (κ3) is 4.38. The number of nitrogens with one attached hydrogen (secondary N) is 1. The summed E-state index contributed by atoms with van der Waals surface area (Å²) in [6.45, 7) is 3.13. The SMILES string of the molecule is CC(CN(C)C)NC(=O)N1CCSCC1C(=O)O. The molecule has 104 valence electrons. The van der Waals surface area contributed by atoms with Crippen molar-refractivity contribution < 1.29 is 14.7 Å². The van der Waals surface area contributed by atoms with Crippen LogP contribution in [0.2, 0.25) is 0 Å². The van der Waals surface area contributed by atoms with Gasteiger partial charge in [-0.2, -0.15) is 11.8 Å². The zero-order chi connectivity index (χ0) is 13.7.